The Morgan fingerprint density at radius 2 is 1.62 bits per heavy atom. The maximum absolute atomic E-state index is 3.50. The van der Waals surface area contributed by atoms with Crippen molar-refractivity contribution in [1.82, 2.24) is 0 Å². The summed E-state index contributed by atoms with van der Waals surface area (Å²) < 4.78 is 0. The van der Waals surface area contributed by atoms with E-state index < -0.39 is 0 Å². The van der Waals surface area contributed by atoms with E-state index in [-0.39, 0.29) is 25.8 Å². The van der Waals surface area contributed by atoms with E-state index in [2.05, 4.69) is 41.8 Å². The molecule has 0 bridgehead atoms. The summed E-state index contributed by atoms with van der Waals surface area (Å²) in [5.41, 5.74) is 1.48. The first-order chi connectivity index (χ1) is 7.26. The Bertz CT molecular complexity index is 172. The molecule has 3 heteroatoms. The number of aryl methyl sites for hydroxylation is 1. The summed E-state index contributed by atoms with van der Waals surface area (Å²) in [6.45, 7) is 2.23. The van der Waals surface area contributed by atoms with Gasteiger partial charge >= 0.3 is 0 Å². The monoisotopic (exact) mass is 389 g/mol. The van der Waals surface area contributed by atoms with E-state index in [1.165, 1.54) is 24.8 Å². The van der Waals surface area contributed by atoms with E-state index >= 15 is 0 Å². The van der Waals surface area contributed by atoms with Crippen molar-refractivity contribution in [3.05, 3.63) is 40.5 Å². The van der Waals surface area contributed by atoms with Crippen molar-refractivity contribution in [3.63, 3.8) is 0 Å². The summed E-state index contributed by atoms with van der Waals surface area (Å²) in [5, 5.41) is 7.00. The Morgan fingerprint density at radius 3 is 1.94 bits per heavy atom. The van der Waals surface area contributed by atoms with Crippen molar-refractivity contribution in [1.29, 1.82) is 0 Å². The summed E-state index contributed by atoms with van der Waals surface area (Å²) in [4.78, 5) is 0. The molecule has 0 aliphatic carbocycles. The van der Waals surface area contributed by atoms with Gasteiger partial charge in [-0.3, -0.25) is 0 Å². The SMILES string of the molecule is CCCCc1ccc[cH-]1.C[N-]C.C[N-]C.[Hf]. The van der Waals surface area contributed by atoms with Crippen molar-refractivity contribution in [2.24, 2.45) is 0 Å². The van der Waals surface area contributed by atoms with Crippen LogP contribution in [0.3, 0.4) is 0 Å². The molecule has 1 aromatic rings. The molecular formula is C13H25HfN2-3. The van der Waals surface area contributed by atoms with Crippen LogP contribution in [-0.2, 0) is 32.3 Å². The predicted octanol–water partition coefficient (Wildman–Crippen LogP) is 3.99. The molecule has 0 saturated carbocycles. The molecule has 0 aliphatic heterocycles. The summed E-state index contributed by atoms with van der Waals surface area (Å²) in [6, 6.07) is 8.58. The topological polar surface area (TPSA) is 28.2 Å². The van der Waals surface area contributed by atoms with E-state index in [0.29, 0.717) is 0 Å². The van der Waals surface area contributed by atoms with E-state index in [1.807, 2.05) is 0 Å². The second-order valence-electron chi connectivity index (χ2n) is 3.29. The molecule has 94 valence electrons. The van der Waals surface area contributed by atoms with Crippen LogP contribution in [0.4, 0.5) is 0 Å². The maximum Gasteiger partial charge on any atom is 0 e. The summed E-state index contributed by atoms with van der Waals surface area (Å²) in [5.74, 6) is 0. The molecule has 0 atom stereocenters. The third-order valence-corrected chi connectivity index (χ3v) is 1.55. The number of unbranched alkanes of at least 4 members (excludes halogenated alkanes) is 1. The average molecular weight is 388 g/mol. The standard InChI is InChI=1S/C9H13.2C2H6N.Hf/c1-2-3-6-9-7-4-5-8-9;2*1-3-2;/h4-5,7-8H,2-3,6H2,1H3;2*1-2H3;/q3*-1;. The zero-order chi connectivity index (χ0) is 11.9. The van der Waals surface area contributed by atoms with Crippen LogP contribution in [0.15, 0.2) is 24.3 Å². The van der Waals surface area contributed by atoms with Crippen LogP contribution in [0, 0.1) is 0 Å². The molecule has 0 fully saturated rings. The molecule has 0 radical (unpaired) electrons. The molecule has 0 heterocycles. The van der Waals surface area contributed by atoms with Crippen molar-refractivity contribution in [2.45, 2.75) is 26.2 Å². The number of hydrogen-bond donors (Lipinski definition) is 0. The first-order valence-electron chi connectivity index (χ1n) is 5.43. The predicted molar refractivity (Wildman–Crippen MR) is 71.1 cm³/mol. The zero-order valence-electron chi connectivity index (χ0n) is 11.3. The summed E-state index contributed by atoms with van der Waals surface area (Å²) in [7, 11) is 7.00. The van der Waals surface area contributed by atoms with Crippen LogP contribution in [0.1, 0.15) is 25.3 Å². The van der Waals surface area contributed by atoms with Crippen molar-refractivity contribution < 1.29 is 25.8 Å². The van der Waals surface area contributed by atoms with Gasteiger partial charge in [-0.05, 0) is 0 Å². The molecule has 0 amide bonds. The second kappa shape index (κ2) is 20.5. The van der Waals surface area contributed by atoms with Crippen LogP contribution < -0.4 is 0 Å². The van der Waals surface area contributed by atoms with Gasteiger partial charge in [0.05, 0.1) is 0 Å². The molecule has 0 spiro atoms. The van der Waals surface area contributed by atoms with Gasteiger partial charge < -0.3 is 10.6 Å². The van der Waals surface area contributed by atoms with Crippen LogP contribution in [0.25, 0.3) is 10.6 Å². The third-order valence-electron chi connectivity index (χ3n) is 1.55. The minimum absolute atomic E-state index is 0. The van der Waals surface area contributed by atoms with Gasteiger partial charge in [0.1, 0.15) is 0 Å². The van der Waals surface area contributed by atoms with E-state index in [9.17, 15) is 0 Å². The molecule has 0 saturated heterocycles. The quantitative estimate of drug-likeness (QED) is 0.554. The van der Waals surface area contributed by atoms with Crippen LogP contribution in [-0.4, -0.2) is 28.2 Å². The van der Waals surface area contributed by atoms with Crippen LogP contribution in [0.2, 0.25) is 0 Å². The fraction of sp³-hybridized carbons (Fsp3) is 0.615. The van der Waals surface area contributed by atoms with E-state index in [4.69, 9.17) is 0 Å². The largest absolute Gasteiger partial charge is 0.668 e. The summed E-state index contributed by atoms with van der Waals surface area (Å²) in [6.07, 6.45) is 3.87. The molecule has 0 N–H and O–H groups in total. The van der Waals surface area contributed by atoms with Gasteiger partial charge in [0.15, 0.2) is 0 Å². The van der Waals surface area contributed by atoms with Crippen LogP contribution >= 0.6 is 0 Å². The summed E-state index contributed by atoms with van der Waals surface area (Å²) >= 11 is 0. The average Bonchev–Trinajstić information content (AvgIpc) is 2.70. The van der Waals surface area contributed by atoms with Crippen molar-refractivity contribution >= 4 is 0 Å². The smallest absolute Gasteiger partial charge is 0 e. The van der Waals surface area contributed by atoms with Gasteiger partial charge in [-0.25, -0.2) is 12.1 Å². The molecule has 1 aromatic carbocycles. The van der Waals surface area contributed by atoms with E-state index in [0.717, 1.165) is 0 Å². The zero-order valence-corrected chi connectivity index (χ0v) is 14.9. The van der Waals surface area contributed by atoms with Gasteiger partial charge in [0.2, 0.25) is 0 Å². The second-order valence-corrected chi connectivity index (χ2v) is 3.29. The first-order valence-corrected chi connectivity index (χ1v) is 5.43. The minimum atomic E-state index is 0. The molecule has 0 unspecified atom stereocenters. The third kappa shape index (κ3) is 19.7. The van der Waals surface area contributed by atoms with Gasteiger partial charge in [0, 0.05) is 25.8 Å². The van der Waals surface area contributed by atoms with Crippen LogP contribution in [0.5, 0.6) is 0 Å². The Labute approximate surface area is 120 Å². The Morgan fingerprint density at radius 1 is 1.12 bits per heavy atom. The fourth-order valence-electron chi connectivity index (χ4n) is 0.961. The Hall–Kier alpha value is 0.140. The normalized spacial score (nSPS) is 7.81. The van der Waals surface area contributed by atoms with Gasteiger partial charge in [-0.15, -0.1) is 0 Å². The van der Waals surface area contributed by atoms with Crippen molar-refractivity contribution in [2.75, 3.05) is 28.2 Å². The fourth-order valence-corrected chi connectivity index (χ4v) is 0.961. The van der Waals surface area contributed by atoms with Gasteiger partial charge in [-0.1, -0.05) is 26.2 Å². The Balaban J connectivity index is -0.000000207. The molecular weight excluding hydrogens is 363 g/mol. The number of nitrogens with zero attached hydrogens (tertiary/aromatic N) is 2. The van der Waals surface area contributed by atoms with Crippen molar-refractivity contribution in [3.8, 4) is 0 Å². The molecule has 1 rings (SSSR count). The molecule has 0 aliphatic rings. The maximum atomic E-state index is 3.50. The molecule has 2 nitrogen and oxygen atoms in total. The van der Waals surface area contributed by atoms with E-state index in [1.54, 1.807) is 28.2 Å². The Kier molecular flexibility index (Phi) is 27.5. The number of rotatable bonds is 3. The first kappa shape index (κ1) is 21.4. The molecule has 16 heavy (non-hydrogen) atoms. The van der Waals surface area contributed by atoms with Gasteiger partial charge in [0.25, 0.3) is 0 Å². The van der Waals surface area contributed by atoms with Gasteiger partial charge in [-0.2, -0.15) is 45.9 Å². The number of hydrogen-bond acceptors (Lipinski definition) is 0. The molecule has 0 aromatic heterocycles. The minimum Gasteiger partial charge on any atom is -0.668 e.